The Morgan fingerprint density at radius 3 is 2.45 bits per heavy atom. The van der Waals surface area contributed by atoms with Crippen LogP contribution in [-0.4, -0.2) is 55.2 Å². The molecule has 0 bridgehead atoms. The topological polar surface area (TPSA) is 71.2 Å². The fraction of sp³-hybridized carbons (Fsp3) is 0.682. The summed E-state index contributed by atoms with van der Waals surface area (Å²) in [5.41, 5.74) is -0.397. The van der Waals surface area contributed by atoms with Gasteiger partial charge in [-0.1, -0.05) is 26.8 Å². The number of carbonyl (C=O) groups excluding carboxylic acids is 2. The van der Waals surface area contributed by atoms with E-state index in [0.29, 0.717) is 12.6 Å². The monoisotopic (exact) mass is 401 g/mol. The number of urea groups is 1. The maximum atomic E-state index is 13.2. The molecule has 3 N–H and O–H groups in total. The molecule has 1 aromatic heterocycles. The van der Waals surface area contributed by atoms with Crippen molar-refractivity contribution in [2.45, 2.75) is 52.0 Å². The Kier molecular flexibility index (Phi) is 5.27. The fourth-order valence-corrected chi connectivity index (χ4v) is 5.16. The second kappa shape index (κ2) is 7.59. The van der Waals surface area contributed by atoms with Crippen LogP contribution < -0.4 is 20.1 Å². The molecule has 7 nitrogen and oxygen atoms in total. The number of pyridine rings is 1. The molecule has 1 aliphatic carbocycles. The number of anilines is 1. The maximum absolute atomic E-state index is 13.2. The van der Waals surface area contributed by atoms with Crippen molar-refractivity contribution < 1.29 is 19.5 Å². The first-order valence-corrected chi connectivity index (χ1v) is 11.0. The van der Waals surface area contributed by atoms with Crippen molar-refractivity contribution in [2.24, 2.45) is 11.3 Å². The quantitative estimate of drug-likeness (QED) is 0.732. The first-order valence-electron chi connectivity index (χ1n) is 11.0. The normalized spacial score (nSPS) is 28.9. The number of aromatic nitrogens is 1. The van der Waals surface area contributed by atoms with E-state index in [2.05, 4.69) is 42.0 Å². The van der Waals surface area contributed by atoms with E-state index in [9.17, 15) is 9.59 Å². The zero-order valence-electron chi connectivity index (χ0n) is 18.0. The van der Waals surface area contributed by atoms with Gasteiger partial charge in [0, 0.05) is 6.07 Å². The van der Waals surface area contributed by atoms with Crippen molar-refractivity contribution in [2.75, 3.05) is 37.7 Å². The lowest BCUT2D eigenvalue weighted by Gasteiger charge is -2.40. The number of hydrogen-bond acceptors (Lipinski definition) is 3. The number of piperazine rings is 1. The molecule has 0 aromatic carbocycles. The second-order valence-corrected chi connectivity index (χ2v) is 10.0. The van der Waals surface area contributed by atoms with Gasteiger partial charge in [-0.15, -0.1) is 0 Å². The number of H-pyrrole nitrogens is 1. The molecule has 1 saturated carbocycles. The van der Waals surface area contributed by atoms with Crippen molar-refractivity contribution in [3.8, 4) is 0 Å². The number of amides is 3. The Labute approximate surface area is 173 Å². The standard InChI is InChI=1S/C22H33N5O2/c1-21(2,3)17-7-9-22(10-8-17)19(28)27(20(29)24-22)16-25-12-14-26(15-13-25)18-6-4-5-11-23-18/h4-6,11,17H,7-10,12-16H2,1-3H3,(H,24,29)/p+2. The molecule has 29 heavy (non-hydrogen) atoms. The lowest BCUT2D eigenvalue weighted by Crippen LogP contribution is -3.16. The number of quaternary nitrogens is 1. The summed E-state index contributed by atoms with van der Waals surface area (Å²) in [4.78, 5) is 34.3. The summed E-state index contributed by atoms with van der Waals surface area (Å²) in [6.07, 6.45) is 5.48. The second-order valence-electron chi connectivity index (χ2n) is 10.0. The zero-order chi connectivity index (χ0) is 20.6. The number of nitrogens with one attached hydrogen (secondary N) is 3. The largest absolute Gasteiger partial charge is 0.329 e. The van der Waals surface area contributed by atoms with Gasteiger partial charge in [0.1, 0.15) is 31.7 Å². The van der Waals surface area contributed by atoms with Crippen LogP contribution in [0.3, 0.4) is 0 Å². The molecule has 3 aliphatic rings. The molecular weight excluding hydrogens is 366 g/mol. The van der Waals surface area contributed by atoms with Gasteiger partial charge in [0.2, 0.25) is 0 Å². The van der Waals surface area contributed by atoms with Gasteiger partial charge in [-0.05, 0) is 43.1 Å². The van der Waals surface area contributed by atoms with Crippen LogP contribution in [0.25, 0.3) is 0 Å². The van der Waals surface area contributed by atoms with Crippen LogP contribution in [0.2, 0.25) is 0 Å². The van der Waals surface area contributed by atoms with E-state index in [4.69, 9.17) is 0 Å². The number of carbonyl (C=O) groups is 2. The lowest BCUT2D eigenvalue weighted by molar-refractivity contribution is -0.908. The molecule has 3 fully saturated rings. The smallest absolute Gasteiger partial charge is 0.323 e. The summed E-state index contributed by atoms with van der Waals surface area (Å²) in [7, 11) is 0. The van der Waals surface area contributed by atoms with E-state index in [1.165, 1.54) is 9.80 Å². The minimum Gasteiger partial charge on any atom is -0.323 e. The van der Waals surface area contributed by atoms with Gasteiger partial charge in [-0.25, -0.2) is 14.7 Å². The molecule has 2 aliphatic heterocycles. The van der Waals surface area contributed by atoms with Gasteiger partial charge in [0.15, 0.2) is 6.67 Å². The van der Waals surface area contributed by atoms with Gasteiger partial charge in [-0.2, -0.15) is 0 Å². The number of aromatic amines is 1. The zero-order valence-corrected chi connectivity index (χ0v) is 18.0. The molecule has 0 unspecified atom stereocenters. The summed E-state index contributed by atoms with van der Waals surface area (Å²) in [5.74, 6) is 1.73. The van der Waals surface area contributed by atoms with Crippen LogP contribution in [0.1, 0.15) is 46.5 Å². The van der Waals surface area contributed by atoms with Crippen molar-refractivity contribution in [3.05, 3.63) is 24.4 Å². The van der Waals surface area contributed by atoms with Crippen molar-refractivity contribution >= 4 is 17.8 Å². The molecule has 3 heterocycles. The van der Waals surface area contributed by atoms with Gasteiger partial charge >= 0.3 is 6.03 Å². The molecule has 1 spiro atoms. The average molecular weight is 402 g/mol. The molecule has 4 rings (SSSR count). The molecule has 7 heteroatoms. The van der Waals surface area contributed by atoms with Crippen LogP contribution in [0.4, 0.5) is 10.6 Å². The Bertz CT molecular complexity index is 744. The summed E-state index contributed by atoms with van der Waals surface area (Å²) in [5, 5.41) is 3.07. The lowest BCUT2D eigenvalue weighted by atomic mass is 9.67. The van der Waals surface area contributed by atoms with E-state index in [0.717, 1.165) is 57.7 Å². The third-order valence-corrected chi connectivity index (χ3v) is 7.20. The first kappa shape index (κ1) is 20.1. The molecule has 0 atom stereocenters. The van der Waals surface area contributed by atoms with Gasteiger partial charge < -0.3 is 10.2 Å². The average Bonchev–Trinajstić information content (AvgIpc) is 2.93. The highest BCUT2D eigenvalue weighted by atomic mass is 16.2. The van der Waals surface area contributed by atoms with Crippen molar-refractivity contribution in [1.29, 1.82) is 0 Å². The van der Waals surface area contributed by atoms with Crippen molar-refractivity contribution in [3.63, 3.8) is 0 Å². The van der Waals surface area contributed by atoms with Crippen LogP contribution >= 0.6 is 0 Å². The van der Waals surface area contributed by atoms with E-state index in [-0.39, 0.29) is 17.4 Å². The van der Waals surface area contributed by atoms with Gasteiger partial charge in [0.25, 0.3) is 11.7 Å². The predicted octanol–water partition coefficient (Wildman–Crippen LogP) is 0.690. The van der Waals surface area contributed by atoms with Crippen LogP contribution in [-0.2, 0) is 4.79 Å². The molecule has 2 saturated heterocycles. The summed E-state index contributed by atoms with van der Waals surface area (Å²) < 4.78 is 0. The number of hydrogen-bond donors (Lipinski definition) is 2. The molecule has 158 valence electrons. The Balaban J connectivity index is 1.34. The summed E-state index contributed by atoms with van der Waals surface area (Å²) in [6.45, 7) is 10.9. The first-order chi connectivity index (χ1) is 13.8. The van der Waals surface area contributed by atoms with E-state index in [1.54, 1.807) is 0 Å². The Morgan fingerprint density at radius 2 is 1.86 bits per heavy atom. The van der Waals surface area contributed by atoms with Crippen LogP contribution in [0.15, 0.2) is 24.4 Å². The van der Waals surface area contributed by atoms with Crippen molar-refractivity contribution in [1.82, 2.24) is 10.2 Å². The summed E-state index contributed by atoms with van der Waals surface area (Å²) >= 11 is 0. The Morgan fingerprint density at radius 1 is 1.17 bits per heavy atom. The van der Waals surface area contributed by atoms with E-state index in [1.807, 2.05) is 18.3 Å². The number of nitrogens with zero attached hydrogens (tertiary/aromatic N) is 2. The highest BCUT2D eigenvalue weighted by Crippen LogP contribution is 2.43. The Hall–Kier alpha value is -2.15. The number of imide groups is 1. The third kappa shape index (κ3) is 3.97. The van der Waals surface area contributed by atoms with E-state index >= 15 is 0 Å². The highest BCUT2D eigenvalue weighted by molar-refractivity contribution is 6.06. The fourth-order valence-electron chi connectivity index (χ4n) is 5.16. The SMILES string of the molecule is CC(C)(C)C1CCC2(CC1)NC(=O)N(C[NH+]1CCN(c3cccc[nH+]3)CC1)C2=O. The molecule has 0 radical (unpaired) electrons. The summed E-state index contributed by atoms with van der Waals surface area (Å²) in [6, 6.07) is 5.90. The van der Waals surface area contributed by atoms with Crippen LogP contribution in [0, 0.1) is 11.3 Å². The maximum Gasteiger partial charge on any atom is 0.329 e. The van der Waals surface area contributed by atoms with E-state index < -0.39 is 5.54 Å². The third-order valence-electron chi connectivity index (χ3n) is 7.20. The minimum atomic E-state index is -0.654. The molecule has 3 amide bonds. The molecular formula is C22H35N5O2+2. The highest BCUT2D eigenvalue weighted by Gasteiger charge is 2.54. The van der Waals surface area contributed by atoms with Gasteiger partial charge in [-0.3, -0.25) is 9.69 Å². The predicted molar refractivity (Wildman–Crippen MR) is 110 cm³/mol. The number of rotatable bonds is 3. The minimum absolute atomic E-state index is 0.00109. The van der Waals surface area contributed by atoms with Gasteiger partial charge in [0.05, 0.1) is 6.20 Å². The molecule has 1 aromatic rings. The van der Waals surface area contributed by atoms with Crippen LogP contribution in [0.5, 0.6) is 0 Å².